The number of morpholine rings is 1. The van der Waals surface area contributed by atoms with Crippen LogP contribution in [0.4, 0.5) is 0 Å². The molecule has 0 radical (unpaired) electrons. The first-order chi connectivity index (χ1) is 9.94. The molecule has 21 heavy (non-hydrogen) atoms. The minimum Gasteiger partial charge on any atom is -0.494 e. The van der Waals surface area contributed by atoms with Crippen molar-refractivity contribution < 1.29 is 17.9 Å². The average Bonchev–Trinajstić information content (AvgIpc) is 2.46. The molecular weight excluding hydrogens is 384 g/mol. The van der Waals surface area contributed by atoms with Crippen molar-refractivity contribution in [2.45, 2.75) is 11.0 Å². The van der Waals surface area contributed by atoms with E-state index in [-0.39, 0.29) is 23.3 Å². The summed E-state index contributed by atoms with van der Waals surface area (Å²) in [5, 5.41) is 3.44. The first kappa shape index (κ1) is 17.0. The standard InChI is InChI=1S/C12H16BrClN2O4S/c1-19-12-10(13)4-8(14)5-11(12)21(17,18)16-7-9-6-15-2-3-20-9/h4-5,9,15-16H,2-3,6-7H2,1H3. The van der Waals surface area contributed by atoms with Crippen LogP contribution >= 0.6 is 27.5 Å². The smallest absolute Gasteiger partial charge is 0.244 e. The Morgan fingerprint density at radius 2 is 2.33 bits per heavy atom. The summed E-state index contributed by atoms with van der Waals surface area (Å²) in [5.41, 5.74) is 0. The highest BCUT2D eigenvalue weighted by Crippen LogP contribution is 2.35. The molecule has 1 aromatic carbocycles. The molecule has 0 aliphatic carbocycles. The maximum Gasteiger partial charge on any atom is 0.244 e. The SMILES string of the molecule is COc1c(Br)cc(Cl)cc1S(=O)(=O)NCC1CNCCO1. The molecular formula is C12H16BrClN2O4S. The second-order valence-corrected chi connectivity index (χ2v) is 7.49. The van der Waals surface area contributed by atoms with Crippen LogP contribution in [-0.4, -0.2) is 47.9 Å². The topological polar surface area (TPSA) is 76.7 Å². The molecule has 0 aromatic heterocycles. The van der Waals surface area contributed by atoms with Crippen molar-refractivity contribution in [3.63, 3.8) is 0 Å². The summed E-state index contributed by atoms with van der Waals surface area (Å²) in [7, 11) is -2.34. The summed E-state index contributed by atoms with van der Waals surface area (Å²) >= 11 is 9.16. The Kier molecular flexibility index (Phi) is 5.87. The van der Waals surface area contributed by atoms with Crippen molar-refractivity contribution in [1.29, 1.82) is 0 Å². The molecule has 1 aliphatic rings. The van der Waals surface area contributed by atoms with Crippen LogP contribution < -0.4 is 14.8 Å². The van der Waals surface area contributed by atoms with Gasteiger partial charge in [-0.15, -0.1) is 0 Å². The van der Waals surface area contributed by atoms with Gasteiger partial charge in [0.05, 0.1) is 24.3 Å². The molecule has 1 unspecified atom stereocenters. The van der Waals surface area contributed by atoms with Crippen LogP contribution in [0.15, 0.2) is 21.5 Å². The van der Waals surface area contributed by atoms with E-state index in [0.717, 1.165) is 6.54 Å². The van der Waals surface area contributed by atoms with Gasteiger partial charge in [-0.2, -0.15) is 0 Å². The van der Waals surface area contributed by atoms with E-state index in [9.17, 15) is 8.42 Å². The minimum absolute atomic E-state index is 0.00635. The van der Waals surface area contributed by atoms with E-state index >= 15 is 0 Å². The monoisotopic (exact) mass is 398 g/mol. The van der Waals surface area contributed by atoms with Crippen molar-refractivity contribution in [1.82, 2.24) is 10.0 Å². The Balaban J connectivity index is 2.18. The molecule has 118 valence electrons. The van der Waals surface area contributed by atoms with Gasteiger partial charge in [0.25, 0.3) is 0 Å². The molecule has 6 nitrogen and oxygen atoms in total. The highest BCUT2D eigenvalue weighted by atomic mass is 79.9. The minimum atomic E-state index is -3.74. The van der Waals surface area contributed by atoms with Gasteiger partial charge in [0.15, 0.2) is 5.75 Å². The van der Waals surface area contributed by atoms with Gasteiger partial charge in [-0.3, -0.25) is 0 Å². The van der Waals surface area contributed by atoms with Crippen LogP contribution in [0.3, 0.4) is 0 Å². The van der Waals surface area contributed by atoms with E-state index in [0.29, 0.717) is 22.6 Å². The summed E-state index contributed by atoms with van der Waals surface area (Å²) < 4.78 is 38.4. The van der Waals surface area contributed by atoms with Crippen molar-refractivity contribution in [2.24, 2.45) is 0 Å². The third kappa shape index (κ3) is 4.30. The first-order valence-corrected chi connectivity index (χ1v) is 8.94. The van der Waals surface area contributed by atoms with Crippen molar-refractivity contribution in [2.75, 3.05) is 33.4 Å². The number of rotatable bonds is 5. The third-order valence-corrected chi connectivity index (χ3v) is 5.21. The Hall–Kier alpha value is -0.380. The largest absolute Gasteiger partial charge is 0.494 e. The molecule has 1 aromatic rings. The number of hydrogen-bond acceptors (Lipinski definition) is 5. The van der Waals surface area contributed by atoms with Gasteiger partial charge in [0.1, 0.15) is 4.90 Å². The number of ether oxygens (including phenoxy) is 2. The number of sulfonamides is 1. The molecule has 1 saturated heterocycles. The van der Waals surface area contributed by atoms with Crippen LogP contribution in [-0.2, 0) is 14.8 Å². The predicted octanol–water partition coefficient (Wildman–Crippen LogP) is 1.38. The summed E-state index contributed by atoms with van der Waals surface area (Å²) in [6.07, 6.45) is -0.192. The summed E-state index contributed by atoms with van der Waals surface area (Å²) in [5.74, 6) is 0.217. The van der Waals surface area contributed by atoms with Gasteiger partial charge in [-0.05, 0) is 28.1 Å². The lowest BCUT2D eigenvalue weighted by molar-refractivity contribution is 0.0324. The Morgan fingerprint density at radius 3 is 2.95 bits per heavy atom. The quantitative estimate of drug-likeness (QED) is 0.782. The molecule has 1 atom stereocenters. The molecule has 9 heteroatoms. The van der Waals surface area contributed by atoms with Gasteiger partial charge in [-0.1, -0.05) is 11.6 Å². The van der Waals surface area contributed by atoms with Crippen LogP contribution in [0.5, 0.6) is 5.75 Å². The molecule has 2 rings (SSSR count). The fourth-order valence-corrected chi connectivity index (χ4v) is 4.41. The van der Waals surface area contributed by atoms with E-state index in [4.69, 9.17) is 21.1 Å². The lowest BCUT2D eigenvalue weighted by Crippen LogP contribution is -2.45. The van der Waals surface area contributed by atoms with Crippen molar-refractivity contribution in [3.8, 4) is 5.75 Å². The van der Waals surface area contributed by atoms with Crippen molar-refractivity contribution >= 4 is 37.6 Å². The zero-order valence-electron chi connectivity index (χ0n) is 11.4. The third-order valence-electron chi connectivity index (χ3n) is 2.97. The van der Waals surface area contributed by atoms with Gasteiger partial charge >= 0.3 is 0 Å². The van der Waals surface area contributed by atoms with Crippen molar-refractivity contribution in [3.05, 3.63) is 21.6 Å². The van der Waals surface area contributed by atoms with Gasteiger partial charge in [-0.25, -0.2) is 13.1 Å². The van der Waals surface area contributed by atoms with E-state index < -0.39 is 10.0 Å². The zero-order chi connectivity index (χ0) is 15.5. The second-order valence-electron chi connectivity index (χ2n) is 4.47. The Labute approximate surface area is 137 Å². The van der Waals surface area contributed by atoms with Crippen LogP contribution in [0.1, 0.15) is 0 Å². The van der Waals surface area contributed by atoms with Gasteiger partial charge < -0.3 is 14.8 Å². The Bertz CT molecular complexity index is 606. The van der Waals surface area contributed by atoms with Crippen LogP contribution in [0, 0.1) is 0 Å². The first-order valence-electron chi connectivity index (χ1n) is 6.29. The zero-order valence-corrected chi connectivity index (χ0v) is 14.5. The number of hydrogen-bond donors (Lipinski definition) is 2. The maximum absolute atomic E-state index is 12.4. The summed E-state index contributed by atoms with van der Waals surface area (Å²) in [4.78, 5) is -0.00635. The molecule has 0 saturated carbocycles. The molecule has 1 heterocycles. The summed E-state index contributed by atoms with van der Waals surface area (Å²) in [6.45, 7) is 2.14. The van der Waals surface area contributed by atoms with E-state index in [2.05, 4.69) is 26.0 Å². The highest BCUT2D eigenvalue weighted by Gasteiger charge is 2.24. The summed E-state index contributed by atoms with van der Waals surface area (Å²) in [6, 6.07) is 2.93. The molecule has 0 amide bonds. The average molecular weight is 400 g/mol. The van der Waals surface area contributed by atoms with E-state index in [1.807, 2.05) is 0 Å². The van der Waals surface area contributed by atoms with Gasteiger partial charge in [0.2, 0.25) is 10.0 Å². The molecule has 1 fully saturated rings. The van der Waals surface area contributed by atoms with E-state index in [1.54, 1.807) is 6.07 Å². The Morgan fingerprint density at radius 1 is 1.57 bits per heavy atom. The molecule has 0 bridgehead atoms. The van der Waals surface area contributed by atoms with Crippen LogP contribution in [0.25, 0.3) is 0 Å². The fourth-order valence-electron chi connectivity index (χ4n) is 1.97. The predicted molar refractivity (Wildman–Crippen MR) is 83.5 cm³/mol. The number of nitrogens with one attached hydrogen (secondary N) is 2. The fraction of sp³-hybridized carbons (Fsp3) is 0.500. The molecule has 2 N–H and O–H groups in total. The number of halogens is 2. The highest BCUT2D eigenvalue weighted by molar-refractivity contribution is 9.10. The second kappa shape index (κ2) is 7.26. The maximum atomic E-state index is 12.4. The van der Waals surface area contributed by atoms with Gasteiger partial charge in [0, 0.05) is 24.7 Å². The van der Waals surface area contributed by atoms with E-state index in [1.165, 1.54) is 13.2 Å². The lowest BCUT2D eigenvalue weighted by atomic mass is 10.3. The molecule has 1 aliphatic heterocycles. The normalized spacial score (nSPS) is 19.5. The number of benzene rings is 1. The van der Waals surface area contributed by atoms with Crippen LogP contribution in [0.2, 0.25) is 5.02 Å². The molecule has 0 spiro atoms. The number of methoxy groups -OCH3 is 1. The lowest BCUT2D eigenvalue weighted by Gasteiger charge is -2.24.